The number of nitrogens with one attached hydrogen (secondary N) is 1. The summed E-state index contributed by atoms with van der Waals surface area (Å²) in [7, 11) is 1.51. The summed E-state index contributed by atoms with van der Waals surface area (Å²) in [6.45, 7) is 1.30. The fourth-order valence-corrected chi connectivity index (χ4v) is 2.69. The Balaban J connectivity index is 2.06. The number of pyridine rings is 1. The zero-order valence-corrected chi connectivity index (χ0v) is 14.3. The van der Waals surface area contributed by atoms with Gasteiger partial charge in [0.2, 0.25) is 5.88 Å². The van der Waals surface area contributed by atoms with Gasteiger partial charge in [-0.15, -0.1) is 0 Å². The number of rotatable bonds is 6. The number of hydrogen-bond donors (Lipinski definition) is 1. The molecule has 1 N–H and O–H groups in total. The summed E-state index contributed by atoms with van der Waals surface area (Å²) >= 11 is 0. The third-order valence-electron chi connectivity index (χ3n) is 3.96. The maximum absolute atomic E-state index is 13.7. The SMILES string of the molecule is COc1ncnc(Cn2cc(C(=O)NCCF)c3ncc(F)cc32)c1C. The number of fused-ring (bicyclic) bond motifs is 1. The van der Waals surface area contributed by atoms with Crippen molar-refractivity contribution >= 4 is 16.9 Å². The number of halogens is 2. The maximum atomic E-state index is 13.7. The maximum Gasteiger partial charge on any atom is 0.255 e. The number of carbonyl (C=O) groups is 1. The Morgan fingerprint density at radius 3 is 2.88 bits per heavy atom. The summed E-state index contributed by atoms with van der Waals surface area (Å²) in [6, 6.07) is 1.29. The van der Waals surface area contributed by atoms with Crippen LogP contribution in [0, 0.1) is 12.7 Å². The molecule has 26 heavy (non-hydrogen) atoms. The van der Waals surface area contributed by atoms with E-state index in [1.807, 2.05) is 6.92 Å². The summed E-state index contributed by atoms with van der Waals surface area (Å²) < 4.78 is 32.9. The second-order valence-corrected chi connectivity index (χ2v) is 5.59. The number of aromatic nitrogens is 4. The van der Waals surface area contributed by atoms with Gasteiger partial charge in [-0.25, -0.2) is 18.7 Å². The monoisotopic (exact) mass is 361 g/mol. The first-order valence-corrected chi connectivity index (χ1v) is 7.88. The van der Waals surface area contributed by atoms with E-state index in [4.69, 9.17) is 4.74 Å². The first kappa shape index (κ1) is 17.7. The van der Waals surface area contributed by atoms with Gasteiger partial charge in [-0.3, -0.25) is 9.78 Å². The van der Waals surface area contributed by atoms with Crippen molar-refractivity contribution < 1.29 is 18.3 Å². The molecule has 0 fully saturated rings. The van der Waals surface area contributed by atoms with Crippen molar-refractivity contribution in [3.8, 4) is 5.88 Å². The van der Waals surface area contributed by atoms with E-state index in [-0.39, 0.29) is 18.7 Å². The number of hydrogen-bond acceptors (Lipinski definition) is 5. The van der Waals surface area contributed by atoms with Gasteiger partial charge in [0.15, 0.2) is 0 Å². The van der Waals surface area contributed by atoms with Crippen LogP contribution in [0.2, 0.25) is 0 Å². The molecule has 0 unspecified atom stereocenters. The molecule has 3 aromatic rings. The van der Waals surface area contributed by atoms with Crippen molar-refractivity contribution in [3.05, 3.63) is 47.4 Å². The summed E-state index contributed by atoms with van der Waals surface area (Å²) in [5.74, 6) is -0.552. The lowest BCUT2D eigenvalue weighted by molar-refractivity contribution is 0.0952. The van der Waals surface area contributed by atoms with Crippen LogP contribution < -0.4 is 10.1 Å². The van der Waals surface area contributed by atoms with Crippen LogP contribution in [0.3, 0.4) is 0 Å². The molecule has 0 saturated carbocycles. The van der Waals surface area contributed by atoms with E-state index in [2.05, 4.69) is 20.3 Å². The van der Waals surface area contributed by atoms with Crippen LogP contribution >= 0.6 is 0 Å². The first-order valence-electron chi connectivity index (χ1n) is 7.88. The van der Waals surface area contributed by atoms with Crippen LogP contribution in [-0.2, 0) is 6.54 Å². The highest BCUT2D eigenvalue weighted by Crippen LogP contribution is 2.23. The summed E-state index contributed by atoms with van der Waals surface area (Å²) in [5, 5.41) is 2.46. The third kappa shape index (κ3) is 3.32. The Bertz CT molecular complexity index is 958. The molecule has 9 heteroatoms. The minimum absolute atomic E-state index is 0.102. The molecule has 136 valence electrons. The van der Waals surface area contributed by atoms with E-state index in [9.17, 15) is 13.6 Å². The van der Waals surface area contributed by atoms with Gasteiger partial charge in [0.05, 0.1) is 36.6 Å². The summed E-state index contributed by atoms with van der Waals surface area (Å²) in [5.41, 5.74) is 2.42. The molecule has 0 aliphatic rings. The van der Waals surface area contributed by atoms with Gasteiger partial charge in [-0.05, 0) is 6.92 Å². The second kappa shape index (κ2) is 7.42. The lowest BCUT2D eigenvalue weighted by Gasteiger charge is -2.09. The van der Waals surface area contributed by atoms with Crippen molar-refractivity contribution in [2.75, 3.05) is 20.3 Å². The molecule has 0 radical (unpaired) electrons. The Kier molecular flexibility index (Phi) is 5.06. The highest BCUT2D eigenvalue weighted by molar-refractivity contribution is 6.05. The van der Waals surface area contributed by atoms with Gasteiger partial charge in [0.25, 0.3) is 5.91 Å². The minimum Gasteiger partial charge on any atom is -0.481 e. The zero-order chi connectivity index (χ0) is 18.7. The van der Waals surface area contributed by atoms with Crippen molar-refractivity contribution in [3.63, 3.8) is 0 Å². The molecule has 0 atom stereocenters. The normalized spacial score (nSPS) is 10.9. The van der Waals surface area contributed by atoms with Crippen molar-refractivity contribution in [2.45, 2.75) is 13.5 Å². The Hall–Kier alpha value is -3.10. The molecule has 7 nitrogen and oxygen atoms in total. The number of ether oxygens (including phenoxy) is 1. The van der Waals surface area contributed by atoms with Gasteiger partial charge < -0.3 is 14.6 Å². The number of alkyl halides is 1. The highest BCUT2D eigenvalue weighted by Gasteiger charge is 2.18. The van der Waals surface area contributed by atoms with Crippen LogP contribution in [0.4, 0.5) is 8.78 Å². The van der Waals surface area contributed by atoms with Crippen LogP contribution in [-0.4, -0.2) is 45.8 Å². The zero-order valence-electron chi connectivity index (χ0n) is 14.3. The molecule has 1 amide bonds. The fraction of sp³-hybridized carbons (Fsp3) is 0.294. The molecule has 3 aromatic heterocycles. The lowest BCUT2D eigenvalue weighted by Crippen LogP contribution is -2.25. The Morgan fingerprint density at radius 1 is 1.35 bits per heavy atom. The topological polar surface area (TPSA) is 81.9 Å². The second-order valence-electron chi connectivity index (χ2n) is 5.59. The number of methoxy groups -OCH3 is 1. The lowest BCUT2D eigenvalue weighted by atomic mass is 10.2. The van der Waals surface area contributed by atoms with Crippen LogP contribution in [0.1, 0.15) is 21.6 Å². The van der Waals surface area contributed by atoms with E-state index in [1.54, 1.807) is 10.8 Å². The van der Waals surface area contributed by atoms with Crippen molar-refractivity contribution in [1.82, 2.24) is 24.8 Å². The largest absolute Gasteiger partial charge is 0.481 e. The number of carbonyl (C=O) groups excluding carboxylic acids is 1. The third-order valence-corrected chi connectivity index (χ3v) is 3.96. The predicted octanol–water partition coefficient (Wildman–Crippen LogP) is 2.03. The molecule has 0 saturated heterocycles. The molecule has 3 rings (SSSR count). The summed E-state index contributed by atoms with van der Waals surface area (Å²) in [6.07, 6.45) is 3.97. The van der Waals surface area contributed by atoms with Gasteiger partial charge in [-0.1, -0.05) is 0 Å². The summed E-state index contributed by atoms with van der Waals surface area (Å²) in [4.78, 5) is 24.6. The number of amides is 1. The molecule has 0 spiro atoms. The standard InChI is InChI=1S/C17H17F2N5O2/c1-10-13(22-9-23-17(10)26-2)8-24-7-12(16(25)20-4-3-18)15-14(24)5-11(19)6-21-15/h5-7,9H,3-4,8H2,1-2H3,(H,20,25). The molecular weight excluding hydrogens is 344 g/mol. The highest BCUT2D eigenvalue weighted by atomic mass is 19.1. The quantitative estimate of drug-likeness (QED) is 0.726. The predicted molar refractivity (Wildman–Crippen MR) is 90.4 cm³/mol. The molecule has 3 heterocycles. The van der Waals surface area contributed by atoms with Crippen LogP contribution in [0.15, 0.2) is 24.8 Å². The average Bonchev–Trinajstić information content (AvgIpc) is 2.99. The average molecular weight is 361 g/mol. The van der Waals surface area contributed by atoms with E-state index in [0.717, 1.165) is 11.8 Å². The smallest absolute Gasteiger partial charge is 0.255 e. The van der Waals surface area contributed by atoms with Crippen LogP contribution in [0.5, 0.6) is 5.88 Å². The molecular formula is C17H17F2N5O2. The van der Waals surface area contributed by atoms with E-state index >= 15 is 0 Å². The first-order chi connectivity index (χ1) is 12.5. The van der Waals surface area contributed by atoms with Crippen molar-refractivity contribution in [1.29, 1.82) is 0 Å². The van der Waals surface area contributed by atoms with E-state index in [1.165, 1.54) is 19.5 Å². The van der Waals surface area contributed by atoms with Gasteiger partial charge in [0, 0.05) is 24.4 Å². The van der Waals surface area contributed by atoms with E-state index < -0.39 is 18.4 Å². The van der Waals surface area contributed by atoms with E-state index in [0.29, 0.717) is 22.6 Å². The Morgan fingerprint density at radius 2 is 2.15 bits per heavy atom. The van der Waals surface area contributed by atoms with Gasteiger partial charge in [0.1, 0.15) is 24.3 Å². The molecule has 0 aromatic carbocycles. The Labute approximate surface area is 148 Å². The fourth-order valence-electron chi connectivity index (χ4n) is 2.69. The molecule has 0 aliphatic carbocycles. The van der Waals surface area contributed by atoms with Gasteiger partial charge in [-0.2, -0.15) is 0 Å². The molecule has 0 aliphatic heterocycles. The minimum atomic E-state index is -0.674. The van der Waals surface area contributed by atoms with Crippen LogP contribution in [0.25, 0.3) is 11.0 Å². The van der Waals surface area contributed by atoms with Gasteiger partial charge >= 0.3 is 0 Å². The molecule has 0 bridgehead atoms. The number of nitrogens with zero attached hydrogens (tertiary/aromatic N) is 4. The van der Waals surface area contributed by atoms with Crippen molar-refractivity contribution in [2.24, 2.45) is 0 Å².